The van der Waals surface area contributed by atoms with Crippen LogP contribution < -0.4 is 14.2 Å². The van der Waals surface area contributed by atoms with Gasteiger partial charge in [-0.05, 0) is 58.7 Å². The summed E-state index contributed by atoms with van der Waals surface area (Å²) in [5.41, 5.74) is -4.62. The second-order valence-electron chi connectivity index (χ2n) is 10.3. The highest BCUT2D eigenvalue weighted by atomic mass is 32.2. The first kappa shape index (κ1) is 27.1. The lowest BCUT2D eigenvalue weighted by atomic mass is 9.80. The fourth-order valence-electron chi connectivity index (χ4n) is 4.81. The number of rotatable bonds is 7. The Labute approximate surface area is 212 Å². The van der Waals surface area contributed by atoms with E-state index < -0.39 is 21.4 Å². The first-order chi connectivity index (χ1) is 17.1. The van der Waals surface area contributed by atoms with E-state index in [4.69, 9.17) is 9.47 Å². The predicted octanol–water partition coefficient (Wildman–Crippen LogP) is 4.19. The Morgan fingerprint density at radius 1 is 1.11 bits per heavy atom. The molecule has 4 rings (SSSR count). The number of aromatic nitrogens is 4. The molecule has 0 atom stereocenters. The van der Waals surface area contributed by atoms with Crippen LogP contribution in [0.5, 0.6) is 11.5 Å². The van der Waals surface area contributed by atoms with Crippen molar-refractivity contribution in [1.82, 2.24) is 25.3 Å². The molecule has 10 nitrogen and oxygen atoms in total. The van der Waals surface area contributed by atoms with Crippen LogP contribution in [0.1, 0.15) is 46.6 Å². The normalized spacial score (nSPS) is 18.2. The lowest BCUT2D eigenvalue weighted by Crippen LogP contribution is -2.58. The fraction of sp³-hybridized carbons (Fsp3) is 0.522. The van der Waals surface area contributed by atoms with Gasteiger partial charge in [0, 0.05) is 41.4 Å². The van der Waals surface area contributed by atoms with E-state index in [0.29, 0.717) is 22.3 Å². The molecule has 1 aliphatic heterocycles. The van der Waals surface area contributed by atoms with E-state index in [2.05, 4.69) is 52.5 Å². The van der Waals surface area contributed by atoms with Gasteiger partial charge in [0.05, 0.1) is 11.7 Å². The van der Waals surface area contributed by atoms with Gasteiger partial charge in [0.2, 0.25) is 5.65 Å². The monoisotopic (exact) mass is 543 g/mol. The Hall–Kier alpha value is -2.97. The molecule has 202 valence electrons. The standard InChI is InChI=1S/C23H28F3N5O5S/c1-21(2)10-15(11-22(3,4)30-21)31-12-14-8-18(27-28-20(14)29-31)17-7-6-16(9-19(17)35-13-34-5)36-37(32,33)23(24,25)26/h6-9,12,15,30H,10-11,13H2,1-5H3. The van der Waals surface area contributed by atoms with E-state index in [1.165, 1.54) is 13.2 Å². The third kappa shape index (κ3) is 5.96. The van der Waals surface area contributed by atoms with Crippen LogP contribution >= 0.6 is 0 Å². The maximum atomic E-state index is 12.7. The first-order valence-corrected chi connectivity index (χ1v) is 12.8. The van der Waals surface area contributed by atoms with Gasteiger partial charge in [-0.3, -0.25) is 4.68 Å². The summed E-state index contributed by atoms with van der Waals surface area (Å²) in [6.45, 7) is 8.35. The third-order valence-corrected chi connectivity index (χ3v) is 6.86. The van der Waals surface area contributed by atoms with Crippen molar-refractivity contribution in [2.75, 3.05) is 13.9 Å². The van der Waals surface area contributed by atoms with Gasteiger partial charge in [-0.2, -0.15) is 26.7 Å². The summed E-state index contributed by atoms with van der Waals surface area (Å²) >= 11 is 0. The highest BCUT2D eigenvalue weighted by Gasteiger charge is 2.48. The van der Waals surface area contributed by atoms with Gasteiger partial charge in [0.1, 0.15) is 11.5 Å². The summed E-state index contributed by atoms with van der Waals surface area (Å²) in [6.07, 6.45) is 3.61. The molecule has 0 spiro atoms. The smallest absolute Gasteiger partial charge is 0.467 e. The molecule has 1 saturated heterocycles. The van der Waals surface area contributed by atoms with Gasteiger partial charge in [0.15, 0.2) is 6.79 Å². The lowest BCUT2D eigenvalue weighted by Gasteiger charge is -2.46. The van der Waals surface area contributed by atoms with Crippen molar-refractivity contribution in [3.8, 4) is 22.8 Å². The molecule has 0 saturated carbocycles. The Morgan fingerprint density at radius 3 is 2.41 bits per heavy atom. The fourth-order valence-corrected chi connectivity index (χ4v) is 5.26. The number of hydrogen-bond donors (Lipinski definition) is 1. The lowest BCUT2D eigenvalue weighted by molar-refractivity contribution is -0.0500. The van der Waals surface area contributed by atoms with Crippen molar-refractivity contribution < 1.29 is 35.2 Å². The van der Waals surface area contributed by atoms with E-state index in [1.807, 2.05) is 10.9 Å². The van der Waals surface area contributed by atoms with E-state index >= 15 is 0 Å². The van der Waals surface area contributed by atoms with Crippen LogP contribution in [0.2, 0.25) is 0 Å². The van der Waals surface area contributed by atoms with E-state index in [9.17, 15) is 21.6 Å². The van der Waals surface area contributed by atoms with Crippen LogP contribution in [-0.2, 0) is 14.9 Å². The molecule has 1 N–H and O–H groups in total. The zero-order valence-electron chi connectivity index (χ0n) is 21.0. The average Bonchev–Trinajstić information content (AvgIpc) is 3.18. The molecule has 0 aliphatic carbocycles. The van der Waals surface area contributed by atoms with Crippen molar-refractivity contribution in [2.24, 2.45) is 0 Å². The number of methoxy groups -OCH3 is 1. The predicted molar refractivity (Wildman–Crippen MR) is 128 cm³/mol. The number of alkyl halides is 3. The summed E-state index contributed by atoms with van der Waals surface area (Å²) in [5, 5.41) is 17.4. The number of hydrogen-bond acceptors (Lipinski definition) is 9. The number of piperidine rings is 1. The summed E-state index contributed by atoms with van der Waals surface area (Å²) in [6, 6.07) is 5.30. The maximum absolute atomic E-state index is 12.7. The Morgan fingerprint density at radius 2 is 1.78 bits per heavy atom. The molecule has 0 radical (unpaired) electrons. The van der Waals surface area contributed by atoms with Crippen molar-refractivity contribution in [2.45, 2.75) is 63.2 Å². The zero-order chi connectivity index (χ0) is 27.2. The van der Waals surface area contributed by atoms with Gasteiger partial charge in [-0.25, -0.2) is 0 Å². The van der Waals surface area contributed by atoms with Crippen molar-refractivity contribution in [3.05, 3.63) is 30.5 Å². The SMILES string of the molecule is COCOc1cc(OS(=O)(=O)C(F)(F)F)ccc1-c1cc2cn(C3CC(C)(C)NC(C)(C)C3)nc2nn1. The minimum Gasteiger partial charge on any atom is -0.467 e. The van der Waals surface area contributed by atoms with Crippen LogP contribution in [-0.4, -0.2) is 58.9 Å². The Kier molecular flexibility index (Phi) is 6.88. The largest absolute Gasteiger partial charge is 0.534 e. The summed E-state index contributed by atoms with van der Waals surface area (Å²) in [7, 11) is -4.49. The first-order valence-electron chi connectivity index (χ1n) is 11.4. The molecule has 3 aromatic rings. The minimum absolute atomic E-state index is 0.000351. The second-order valence-corrected chi connectivity index (χ2v) is 11.8. The van der Waals surface area contributed by atoms with E-state index in [-0.39, 0.29) is 29.7 Å². The molecular formula is C23H28F3N5O5S. The Bertz CT molecular complexity index is 1390. The van der Waals surface area contributed by atoms with Crippen molar-refractivity contribution in [3.63, 3.8) is 0 Å². The molecule has 1 aromatic carbocycles. The quantitative estimate of drug-likeness (QED) is 0.266. The molecule has 14 heteroatoms. The second kappa shape index (κ2) is 9.40. The topological polar surface area (TPSA) is 117 Å². The highest BCUT2D eigenvalue weighted by molar-refractivity contribution is 7.88. The minimum atomic E-state index is -5.85. The maximum Gasteiger partial charge on any atom is 0.534 e. The van der Waals surface area contributed by atoms with Crippen LogP contribution in [0.15, 0.2) is 30.5 Å². The number of fused-ring (bicyclic) bond motifs is 1. The molecule has 0 bridgehead atoms. The van der Waals surface area contributed by atoms with Gasteiger partial charge < -0.3 is 19.0 Å². The number of nitrogens with one attached hydrogen (secondary N) is 1. The van der Waals surface area contributed by atoms with Crippen LogP contribution in [0, 0.1) is 0 Å². The average molecular weight is 544 g/mol. The summed E-state index contributed by atoms with van der Waals surface area (Å²) < 4.78 is 77.5. The molecule has 1 aliphatic rings. The molecule has 3 heterocycles. The van der Waals surface area contributed by atoms with Crippen molar-refractivity contribution >= 4 is 21.2 Å². The van der Waals surface area contributed by atoms with Crippen LogP contribution in [0.25, 0.3) is 22.3 Å². The number of nitrogens with zero attached hydrogens (tertiary/aromatic N) is 4. The number of ether oxygens (including phenoxy) is 2. The molecular weight excluding hydrogens is 515 g/mol. The molecule has 37 heavy (non-hydrogen) atoms. The van der Waals surface area contributed by atoms with Gasteiger partial charge in [-0.15, -0.1) is 10.2 Å². The van der Waals surface area contributed by atoms with E-state index in [0.717, 1.165) is 25.0 Å². The Balaban J connectivity index is 1.68. The van der Waals surface area contributed by atoms with Gasteiger partial charge in [0.25, 0.3) is 0 Å². The van der Waals surface area contributed by atoms with Gasteiger partial charge in [-0.1, -0.05) is 0 Å². The molecule has 0 amide bonds. The van der Waals surface area contributed by atoms with Crippen LogP contribution in [0.3, 0.4) is 0 Å². The number of benzene rings is 1. The van der Waals surface area contributed by atoms with Gasteiger partial charge >= 0.3 is 15.6 Å². The molecule has 2 aromatic heterocycles. The third-order valence-electron chi connectivity index (χ3n) is 5.88. The molecule has 1 fully saturated rings. The summed E-state index contributed by atoms with van der Waals surface area (Å²) in [4.78, 5) is 0. The zero-order valence-corrected chi connectivity index (χ0v) is 21.8. The van der Waals surface area contributed by atoms with Crippen molar-refractivity contribution in [1.29, 1.82) is 0 Å². The van der Waals surface area contributed by atoms with E-state index in [1.54, 1.807) is 6.07 Å². The number of halogens is 3. The molecule has 0 unspecified atom stereocenters. The van der Waals surface area contributed by atoms with Crippen LogP contribution in [0.4, 0.5) is 13.2 Å². The summed E-state index contributed by atoms with van der Waals surface area (Å²) in [5.74, 6) is -0.579. The highest BCUT2D eigenvalue weighted by Crippen LogP contribution is 2.38.